The van der Waals surface area contributed by atoms with E-state index in [1.165, 1.54) is 0 Å². The third kappa shape index (κ3) is 2.41. The van der Waals surface area contributed by atoms with E-state index in [9.17, 15) is 4.79 Å². The first-order valence-corrected chi connectivity index (χ1v) is 5.24. The summed E-state index contributed by atoms with van der Waals surface area (Å²) in [6.07, 6.45) is 0.681. The summed E-state index contributed by atoms with van der Waals surface area (Å²) >= 11 is 0. The van der Waals surface area contributed by atoms with Crippen molar-refractivity contribution >= 4 is 16.9 Å². The molecule has 0 aliphatic heterocycles. The number of benzene rings is 1. The first-order valence-electron chi connectivity index (χ1n) is 5.24. The minimum absolute atomic E-state index is 0.0279. The van der Waals surface area contributed by atoms with Crippen LogP contribution in [0.4, 0.5) is 0 Å². The lowest BCUT2D eigenvalue weighted by molar-refractivity contribution is -0.119. The molecule has 3 N–H and O–H groups in total. The molecule has 0 aliphatic rings. The quantitative estimate of drug-likeness (QED) is 0.806. The molecule has 1 heterocycles. The van der Waals surface area contributed by atoms with Gasteiger partial charge in [0, 0.05) is 18.4 Å². The first kappa shape index (κ1) is 10.7. The zero-order valence-electron chi connectivity index (χ0n) is 8.90. The van der Waals surface area contributed by atoms with Crippen LogP contribution >= 0.6 is 0 Å². The summed E-state index contributed by atoms with van der Waals surface area (Å²) in [6, 6.07) is 9.83. The molecule has 4 nitrogen and oxygen atoms in total. The maximum atomic E-state index is 10.9. The normalized spacial score (nSPS) is 10.6. The second-order valence-corrected chi connectivity index (χ2v) is 3.55. The fourth-order valence-electron chi connectivity index (χ4n) is 1.56. The van der Waals surface area contributed by atoms with Gasteiger partial charge in [0.05, 0.1) is 6.54 Å². The summed E-state index contributed by atoms with van der Waals surface area (Å²) in [7, 11) is 0. The highest BCUT2D eigenvalue weighted by molar-refractivity contribution is 5.78. The van der Waals surface area contributed by atoms with Gasteiger partial charge in [0.2, 0.25) is 5.91 Å². The predicted molar refractivity (Wildman–Crippen MR) is 62.0 cm³/mol. The van der Waals surface area contributed by atoms with E-state index in [2.05, 4.69) is 5.32 Å². The standard InChI is InChI=1S/C12H14N2O2/c13-8-12(15)14-6-5-10-7-9-3-1-2-4-11(9)16-10/h1-4,7H,5-6,8,13H2,(H,14,15). The van der Waals surface area contributed by atoms with Gasteiger partial charge in [-0.3, -0.25) is 4.79 Å². The largest absolute Gasteiger partial charge is 0.461 e. The summed E-state index contributed by atoms with van der Waals surface area (Å²) < 4.78 is 5.60. The van der Waals surface area contributed by atoms with Crippen molar-refractivity contribution in [2.75, 3.05) is 13.1 Å². The van der Waals surface area contributed by atoms with Crippen LogP contribution in [0, 0.1) is 0 Å². The zero-order chi connectivity index (χ0) is 11.4. The molecule has 0 saturated heterocycles. The Bertz CT molecular complexity index is 457. The molecule has 0 unspecified atom stereocenters. The second kappa shape index (κ2) is 4.81. The lowest BCUT2D eigenvalue weighted by Gasteiger charge is -2.00. The molecule has 1 aromatic carbocycles. The van der Waals surface area contributed by atoms with Gasteiger partial charge in [-0.2, -0.15) is 0 Å². The molecule has 0 saturated carbocycles. The fourth-order valence-corrected chi connectivity index (χ4v) is 1.56. The average Bonchev–Trinajstić information content (AvgIpc) is 2.71. The Morgan fingerprint density at radius 3 is 2.94 bits per heavy atom. The molecular weight excluding hydrogens is 204 g/mol. The summed E-state index contributed by atoms with van der Waals surface area (Å²) in [5, 5.41) is 3.79. The molecule has 1 amide bonds. The fraction of sp³-hybridized carbons (Fsp3) is 0.250. The van der Waals surface area contributed by atoms with Crippen molar-refractivity contribution in [3.8, 4) is 0 Å². The Hall–Kier alpha value is -1.81. The second-order valence-electron chi connectivity index (χ2n) is 3.55. The predicted octanol–water partition coefficient (Wildman–Crippen LogP) is 1.05. The Balaban J connectivity index is 1.97. The SMILES string of the molecule is NCC(=O)NCCc1cc2ccccc2o1. The Labute approximate surface area is 93.4 Å². The third-order valence-electron chi connectivity index (χ3n) is 2.36. The Morgan fingerprint density at radius 2 is 2.19 bits per heavy atom. The highest BCUT2D eigenvalue weighted by Gasteiger charge is 2.03. The zero-order valence-corrected chi connectivity index (χ0v) is 8.90. The van der Waals surface area contributed by atoms with Gasteiger partial charge in [0.25, 0.3) is 0 Å². The summed E-state index contributed by atoms with van der Waals surface area (Å²) in [6.45, 7) is 0.579. The number of rotatable bonds is 4. The minimum Gasteiger partial charge on any atom is -0.461 e. The van der Waals surface area contributed by atoms with Crippen LogP contribution < -0.4 is 11.1 Å². The van der Waals surface area contributed by atoms with Gasteiger partial charge in [-0.25, -0.2) is 0 Å². The van der Waals surface area contributed by atoms with E-state index in [0.717, 1.165) is 16.7 Å². The molecule has 2 rings (SSSR count). The number of carbonyl (C=O) groups excluding carboxylic acids is 1. The number of para-hydroxylation sites is 1. The molecule has 0 fully saturated rings. The van der Waals surface area contributed by atoms with Gasteiger partial charge in [0.15, 0.2) is 0 Å². The van der Waals surface area contributed by atoms with Crippen LogP contribution in [0.2, 0.25) is 0 Å². The van der Waals surface area contributed by atoms with Crippen LogP contribution in [0.25, 0.3) is 11.0 Å². The number of carbonyl (C=O) groups is 1. The van der Waals surface area contributed by atoms with Crippen molar-refractivity contribution in [2.45, 2.75) is 6.42 Å². The molecule has 0 aliphatic carbocycles. The van der Waals surface area contributed by atoms with Gasteiger partial charge in [-0.1, -0.05) is 18.2 Å². The number of hydrogen-bond acceptors (Lipinski definition) is 3. The topological polar surface area (TPSA) is 68.3 Å². The van der Waals surface area contributed by atoms with Crippen molar-refractivity contribution in [1.29, 1.82) is 0 Å². The lowest BCUT2D eigenvalue weighted by atomic mass is 10.2. The van der Waals surface area contributed by atoms with Gasteiger partial charge >= 0.3 is 0 Å². The summed E-state index contributed by atoms with van der Waals surface area (Å²) in [5.41, 5.74) is 6.05. The highest BCUT2D eigenvalue weighted by atomic mass is 16.3. The van der Waals surface area contributed by atoms with E-state index >= 15 is 0 Å². The van der Waals surface area contributed by atoms with Crippen LogP contribution in [0.15, 0.2) is 34.7 Å². The van der Waals surface area contributed by atoms with E-state index in [-0.39, 0.29) is 12.5 Å². The molecule has 1 aromatic heterocycles. The van der Waals surface area contributed by atoms with Crippen molar-refractivity contribution in [3.05, 3.63) is 36.1 Å². The van der Waals surface area contributed by atoms with Crippen molar-refractivity contribution in [3.63, 3.8) is 0 Å². The number of nitrogens with one attached hydrogen (secondary N) is 1. The molecule has 84 valence electrons. The summed E-state index contributed by atoms with van der Waals surface area (Å²) in [5.74, 6) is 0.731. The van der Waals surface area contributed by atoms with Gasteiger partial charge in [-0.05, 0) is 12.1 Å². The van der Waals surface area contributed by atoms with E-state index < -0.39 is 0 Å². The molecule has 2 aromatic rings. The minimum atomic E-state index is -0.142. The molecule has 4 heteroatoms. The number of amides is 1. The van der Waals surface area contributed by atoms with Crippen LogP contribution in [-0.2, 0) is 11.2 Å². The van der Waals surface area contributed by atoms with Crippen molar-refractivity contribution in [2.24, 2.45) is 5.73 Å². The lowest BCUT2D eigenvalue weighted by Crippen LogP contribution is -2.31. The van der Waals surface area contributed by atoms with E-state index in [1.807, 2.05) is 30.3 Å². The van der Waals surface area contributed by atoms with Crippen molar-refractivity contribution in [1.82, 2.24) is 5.32 Å². The monoisotopic (exact) mass is 218 g/mol. The number of hydrogen-bond donors (Lipinski definition) is 2. The van der Waals surface area contributed by atoms with Gasteiger partial charge in [0.1, 0.15) is 11.3 Å². The molecule has 0 bridgehead atoms. The average molecular weight is 218 g/mol. The number of furan rings is 1. The maximum Gasteiger partial charge on any atom is 0.233 e. The van der Waals surface area contributed by atoms with E-state index in [4.69, 9.17) is 10.2 Å². The third-order valence-corrected chi connectivity index (χ3v) is 2.36. The van der Waals surface area contributed by atoms with E-state index in [1.54, 1.807) is 0 Å². The first-order chi connectivity index (χ1) is 7.79. The van der Waals surface area contributed by atoms with Crippen LogP contribution in [0.5, 0.6) is 0 Å². The van der Waals surface area contributed by atoms with Crippen molar-refractivity contribution < 1.29 is 9.21 Å². The van der Waals surface area contributed by atoms with Crippen LogP contribution in [0.3, 0.4) is 0 Å². The highest BCUT2D eigenvalue weighted by Crippen LogP contribution is 2.18. The maximum absolute atomic E-state index is 10.9. The van der Waals surface area contributed by atoms with Crippen LogP contribution in [-0.4, -0.2) is 19.0 Å². The smallest absolute Gasteiger partial charge is 0.233 e. The van der Waals surface area contributed by atoms with Gasteiger partial charge < -0.3 is 15.5 Å². The van der Waals surface area contributed by atoms with Gasteiger partial charge in [-0.15, -0.1) is 0 Å². The molecule has 0 atom stereocenters. The number of nitrogens with two attached hydrogens (primary N) is 1. The van der Waals surface area contributed by atoms with E-state index in [0.29, 0.717) is 13.0 Å². The Kier molecular flexibility index (Phi) is 3.22. The summed E-state index contributed by atoms with van der Waals surface area (Å²) in [4.78, 5) is 10.9. The Morgan fingerprint density at radius 1 is 1.38 bits per heavy atom. The molecule has 0 radical (unpaired) electrons. The molecule has 0 spiro atoms. The number of fused-ring (bicyclic) bond motifs is 1. The van der Waals surface area contributed by atoms with Crippen LogP contribution in [0.1, 0.15) is 5.76 Å². The molecular formula is C12H14N2O2. The molecule has 16 heavy (non-hydrogen) atoms.